The predicted molar refractivity (Wildman–Crippen MR) is 87.4 cm³/mol. The molecule has 106 valence electrons. The molecule has 1 atom stereocenters. The summed E-state index contributed by atoms with van der Waals surface area (Å²) in [6, 6.07) is 8.09. The standard InChI is InChI=1S/C15H19N3OS/c1-4-10(2)17-15(20)18-12-7-8-13(19-3)14-11(12)6-5-9-16-14/h5-10H,4H2,1-3H3,(H2,17,18,20). The largest absolute Gasteiger partial charge is 0.494 e. The number of methoxy groups -OCH3 is 1. The highest BCUT2D eigenvalue weighted by molar-refractivity contribution is 7.80. The van der Waals surface area contributed by atoms with Crippen molar-refractivity contribution in [1.29, 1.82) is 0 Å². The number of ether oxygens (including phenoxy) is 1. The number of anilines is 1. The molecule has 0 aliphatic rings. The lowest BCUT2D eigenvalue weighted by atomic mass is 10.1. The van der Waals surface area contributed by atoms with E-state index in [0.29, 0.717) is 11.2 Å². The first kappa shape index (κ1) is 14.5. The zero-order valence-corrected chi connectivity index (χ0v) is 12.8. The van der Waals surface area contributed by atoms with Crippen molar-refractivity contribution in [2.75, 3.05) is 12.4 Å². The molecule has 1 aromatic carbocycles. The van der Waals surface area contributed by atoms with Crippen LogP contribution in [0.4, 0.5) is 5.69 Å². The zero-order chi connectivity index (χ0) is 14.5. The summed E-state index contributed by atoms with van der Waals surface area (Å²) >= 11 is 5.33. The van der Waals surface area contributed by atoms with Crippen molar-refractivity contribution >= 4 is 33.9 Å². The summed E-state index contributed by atoms with van der Waals surface area (Å²) in [5.74, 6) is 0.756. The molecule has 0 spiro atoms. The predicted octanol–water partition coefficient (Wildman–Crippen LogP) is 3.33. The Hall–Kier alpha value is -1.88. The quantitative estimate of drug-likeness (QED) is 0.845. The number of nitrogens with one attached hydrogen (secondary N) is 2. The lowest BCUT2D eigenvalue weighted by Crippen LogP contribution is -2.35. The third-order valence-electron chi connectivity index (χ3n) is 3.19. The minimum Gasteiger partial charge on any atom is -0.494 e. The number of benzene rings is 1. The highest BCUT2D eigenvalue weighted by Gasteiger charge is 2.09. The second kappa shape index (κ2) is 6.52. The maximum atomic E-state index is 5.33. The molecule has 0 saturated carbocycles. The van der Waals surface area contributed by atoms with Gasteiger partial charge in [-0.25, -0.2) is 0 Å². The van der Waals surface area contributed by atoms with Gasteiger partial charge >= 0.3 is 0 Å². The molecule has 1 unspecified atom stereocenters. The molecule has 2 rings (SSSR count). The van der Waals surface area contributed by atoms with Crippen LogP contribution in [-0.2, 0) is 0 Å². The maximum absolute atomic E-state index is 5.33. The number of pyridine rings is 1. The van der Waals surface area contributed by atoms with Crippen LogP contribution in [0.2, 0.25) is 0 Å². The second-order valence-electron chi connectivity index (χ2n) is 4.62. The summed E-state index contributed by atoms with van der Waals surface area (Å²) in [6.07, 6.45) is 2.77. The molecule has 0 radical (unpaired) electrons. The van der Waals surface area contributed by atoms with Crippen LogP contribution in [0.5, 0.6) is 5.75 Å². The van der Waals surface area contributed by atoms with Crippen LogP contribution < -0.4 is 15.4 Å². The van der Waals surface area contributed by atoms with E-state index < -0.39 is 0 Å². The van der Waals surface area contributed by atoms with Gasteiger partial charge in [0.15, 0.2) is 5.11 Å². The fraction of sp³-hybridized carbons (Fsp3) is 0.333. The van der Waals surface area contributed by atoms with E-state index in [1.165, 1.54) is 0 Å². The molecule has 0 saturated heterocycles. The van der Waals surface area contributed by atoms with Crippen molar-refractivity contribution in [3.8, 4) is 5.75 Å². The molecule has 20 heavy (non-hydrogen) atoms. The van der Waals surface area contributed by atoms with E-state index in [1.54, 1.807) is 13.3 Å². The van der Waals surface area contributed by atoms with E-state index >= 15 is 0 Å². The summed E-state index contributed by atoms with van der Waals surface area (Å²) in [5, 5.41) is 8.07. The third-order valence-corrected chi connectivity index (χ3v) is 3.41. The van der Waals surface area contributed by atoms with Gasteiger partial charge in [0.1, 0.15) is 11.3 Å². The summed E-state index contributed by atoms with van der Waals surface area (Å²) in [5.41, 5.74) is 1.75. The van der Waals surface area contributed by atoms with Gasteiger partial charge in [-0.2, -0.15) is 0 Å². The minimum absolute atomic E-state index is 0.345. The number of fused-ring (bicyclic) bond motifs is 1. The van der Waals surface area contributed by atoms with Crippen molar-refractivity contribution in [1.82, 2.24) is 10.3 Å². The zero-order valence-electron chi connectivity index (χ0n) is 11.9. The number of hydrogen-bond donors (Lipinski definition) is 2. The topological polar surface area (TPSA) is 46.2 Å². The number of hydrogen-bond acceptors (Lipinski definition) is 3. The van der Waals surface area contributed by atoms with Gasteiger partial charge in [0.05, 0.1) is 7.11 Å². The molecule has 0 amide bonds. The monoisotopic (exact) mass is 289 g/mol. The van der Waals surface area contributed by atoms with Gasteiger partial charge in [-0.15, -0.1) is 0 Å². The average molecular weight is 289 g/mol. The van der Waals surface area contributed by atoms with Crippen LogP contribution in [0, 0.1) is 0 Å². The summed E-state index contributed by atoms with van der Waals surface area (Å²) in [7, 11) is 1.64. The smallest absolute Gasteiger partial charge is 0.171 e. The Balaban J connectivity index is 2.29. The van der Waals surface area contributed by atoms with E-state index in [4.69, 9.17) is 17.0 Å². The molecule has 5 heteroatoms. The first-order chi connectivity index (χ1) is 9.65. The Morgan fingerprint density at radius 3 is 2.90 bits per heavy atom. The van der Waals surface area contributed by atoms with E-state index in [-0.39, 0.29) is 0 Å². The van der Waals surface area contributed by atoms with Gasteiger partial charge in [-0.05, 0) is 49.8 Å². The minimum atomic E-state index is 0.345. The maximum Gasteiger partial charge on any atom is 0.171 e. The normalized spacial score (nSPS) is 11.9. The van der Waals surface area contributed by atoms with Crippen molar-refractivity contribution in [2.24, 2.45) is 0 Å². The third kappa shape index (κ3) is 3.17. The fourth-order valence-electron chi connectivity index (χ4n) is 1.90. The summed E-state index contributed by atoms with van der Waals surface area (Å²) in [4.78, 5) is 4.37. The van der Waals surface area contributed by atoms with Crippen LogP contribution in [0.1, 0.15) is 20.3 Å². The molecular formula is C15H19N3OS. The second-order valence-corrected chi connectivity index (χ2v) is 5.03. The summed E-state index contributed by atoms with van der Waals surface area (Å²) in [6.45, 7) is 4.22. The Labute approximate surface area is 124 Å². The lowest BCUT2D eigenvalue weighted by molar-refractivity contribution is 0.419. The van der Waals surface area contributed by atoms with Gasteiger partial charge in [-0.3, -0.25) is 4.98 Å². The molecular weight excluding hydrogens is 270 g/mol. The Bertz CT molecular complexity index is 615. The number of rotatable bonds is 4. The van der Waals surface area contributed by atoms with Crippen LogP contribution in [0.25, 0.3) is 10.9 Å². The average Bonchev–Trinajstić information content (AvgIpc) is 2.47. The van der Waals surface area contributed by atoms with Crippen LogP contribution >= 0.6 is 12.2 Å². The SMILES string of the molecule is CCC(C)NC(=S)Nc1ccc(OC)c2ncccc12. The van der Waals surface area contributed by atoms with Crippen molar-refractivity contribution < 1.29 is 4.74 Å². The highest BCUT2D eigenvalue weighted by Crippen LogP contribution is 2.29. The summed E-state index contributed by atoms with van der Waals surface area (Å²) < 4.78 is 5.33. The van der Waals surface area contributed by atoms with Gasteiger partial charge in [-0.1, -0.05) is 6.92 Å². The molecule has 0 bridgehead atoms. The van der Waals surface area contributed by atoms with Crippen molar-refractivity contribution in [3.05, 3.63) is 30.5 Å². The first-order valence-electron chi connectivity index (χ1n) is 6.65. The van der Waals surface area contributed by atoms with Crippen LogP contribution in [-0.4, -0.2) is 23.2 Å². The van der Waals surface area contributed by atoms with E-state index in [1.807, 2.05) is 24.3 Å². The Kier molecular flexibility index (Phi) is 4.74. The fourth-order valence-corrected chi connectivity index (χ4v) is 2.22. The molecule has 0 aliphatic carbocycles. The number of nitrogens with zero attached hydrogens (tertiary/aromatic N) is 1. The molecule has 0 fully saturated rings. The molecule has 2 aromatic rings. The molecule has 1 heterocycles. The van der Waals surface area contributed by atoms with Gasteiger partial charge < -0.3 is 15.4 Å². The van der Waals surface area contributed by atoms with Crippen LogP contribution in [0.15, 0.2) is 30.5 Å². The molecule has 1 aromatic heterocycles. The number of thiocarbonyl (C=S) groups is 1. The Morgan fingerprint density at radius 1 is 1.40 bits per heavy atom. The van der Waals surface area contributed by atoms with E-state index in [2.05, 4.69) is 29.5 Å². The van der Waals surface area contributed by atoms with Crippen LogP contribution in [0.3, 0.4) is 0 Å². The Morgan fingerprint density at radius 2 is 2.20 bits per heavy atom. The highest BCUT2D eigenvalue weighted by atomic mass is 32.1. The number of aromatic nitrogens is 1. The van der Waals surface area contributed by atoms with Gasteiger partial charge in [0, 0.05) is 23.3 Å². The molecule has 2 N–H and O–H groups in total. The van der Waals surface area contributed by atoms with Gasteiger partial charge in [0.2, 0.25) is 0 Å². The van der Waals surface area contributed by atoms with Crippen molar-refractivity contribution in [3.63, 3.8) is 0 Å². The molecule has 0 aliphatic heterocycles. The van der Waals surface area contributed by atoms with E-state index in [9.17, 15) is 0 Å². The van der Waals surface area contributed by atoms with E-state index in [0.717, 1.165) is 28.8 Å². The molecule has 4 nitrogen and oxygen atoms in total. The van der Waals surface area contributed by atoms with Crippen molar-refractivity contribution in [2.45, 2.75) is 26.3 Å². The lowest BCUT2D eigenvalue weighted by Gasteiger charge is -2.17. The first-order valence-corrected chi connectivity index (χ1v) is 7.05. The van der Waals surface area contributed by atoms with Gasteiger partial charge in [0.25, 0.3) is 0 Å².